The van der Waals surface area contributed by atoms with E-state index in [9.17, 15) is 43.2 Å². The van der Waals surface area contributed by atoms with Gasteiger partial charge in [-0.05, 0) is 18.2 Å². The van der Waals surface area contributed by atoms with Crippen LogP contribution < -0.4 is 0 Å². The van der Waals surface area contributed by atoms with Gasteiger partial charge in [-0.25, -0.2) is 4.79 Å². The Bertz CT molecular complexity index is 1900. The monoisotopic (exact) mass is 1070 g/mol. The van der Waals surface area contributed by atoms with E-state index >= 15 is 0 Å². The van der Waals surface area contributed by atoms with Crippen LogP contribution >= 0.6 is 75.8 Å². The third kappa shape index (κ3) is 21.8. The van der Waals surface area contributed by atoms with E-state index in [0.29, 0.717) is 16.7 Å². The summed E-state index contributed by atoms with van der Waals surface area (Å²) in [6.07, 6.45) is 1.35. The van der Waals surface area contributed by atoms with Crippen molar-refractivity contribution >= 4 is 129 Å². The quantitative estimate of drug-likeness (QED) is 0.0217. The Kier molecular flexibility index (Phi) is 29.6. The molecule has 0 aromatic heterocycles. The second kappa shape index (κ2) is 33.5. The second-order valence-corrected chi connectivity index (χ2v) is 17.8. The zero-order valence-electron chi connectivity index (χ0n) is 37.8. The first kappa shape index (κ1) is 61.0. The molecular weight excluding hydrogens is 1020 g/mol. The Morgan fingerprint density at radius 2 is 0.739 bits per heavy atom. The van der Waals surface area contributed by atoms with Crippen molar-refractivity contribution in [1.82, 2.24) is 0 Å². The van der Waals surface area contributed by atoms with E-state index in [1.165, 1.54) is 24.3 Å². The molecule has 380 valence electrons. The number of carbonyl (C=O) groups excluding carboxylic acids is 9. The molecule has 0 bridgehead atoms. The number of hydrogen-bond acceptors (Lipinski definition) is 23. The standard InChI is InChI=1S/C28H46O13S6.C18H12O4/c29-21(1-7-42)36-15-27(16-37-22(30)2-8-43,17-38-23(31)3-9-44)13-35-14-28(18-39-24(32)4-10-45,19-40-25(33)5-11-46)20-41-26(34)6-12-47;1-2-9-22-18(21)11-7-8-14-15(10-11)17(20)13-6-4-3-5-12(13)16(14)19/h42-47H,1-20H2;2-8,10H,1,9H2. The van der Waals surface area contributed by atoms with Gasteiger partial charge in [0.25, 0.3) is 0 Å². The summed E-state index contributed by atoms with van der Waals surface area (Å²) < 4.78 is 43.6. The number of benzene rings is 2. The molecule has 17 nitrogen and oxygen atoms in total. The molecule has 0 radical (unpaired) electrons. The second-order valence-electron chi connectivity index (χ2n) is 15.1. The lowest BCUT2D eigenvalue weighted by molar-refractivity contribution is -0.174. The minimum Gasteiger partial charge on any atom is -0.465 e. The van der Waals surface area contributed by atoms with Gasteiger partial charge in [0.05, 0.1) is 68.1 Å². The highest BCUT2D eigenvalue weighted by molar-refractivity contribution is 7.81. The number of ketones is 2. The summed E-state index contributed by atoms with van der Waals surface area (Å²) in [6.45, 7) is 0.537. The Morgan fingerprint density at radius 1 is 0.435 bits per heavy atom. The molecule has 0 saturated heterocycles. The summed E-state index contributed by atoms with van der Waals surface area (Å²) in [5, 5.41) is 0. The van der Waals surface area contributed by atoms with Crippen LogP contribution in [0.15, 0.2) is 55.1 Å². The smallest absolute Gasteiger partial charge is 0.338 e. The first-order chi connectivity index (χ1) is 33.1. The van der Waals surface area contributed by atoms with Gasteiger partial charge in [0, 0.05) is 56.8 Å². The first-order valence-electron chi connectivity index (χ1n) is 21.3. The van der Waals surface area contributed by atoms with Crippen molar-refractivity contribution < 1.29 is 81.0 Å². The largest absolute Gasteiger partial charge is 0.465 e. The van der Waals surface area contributed by atoms with Crippen molar-refractivity contribution in [2.75, 3.05) is 94.0 Å². The number of hydrogen-bond donors (Lipinski definition) is 6. The highest BCUT2D eigenvalue weighted by Gasteiger charge is 2.41. The Balaban J connectivity index is 0.000000607. The van der Waals surface area contributed by atoms with Crippen LogP contribution in [-0.4, -0.2) is 147 Å². The predicted molar refractivity (Wildman–Crippen MR) is 272 cm³/mol. The highest BCUT2D eigenvalue weighted by atomic mass is 32.1. The molecule has 0 atom stereocenters. The first-order valence-corrected chi connectivity index (χ1v) is 25.1. The number of rotatable bonds is 31. The maximum atomic E-state index is 12.5. The SMILES string of the molecule is C=CCOC(=O)c1ccc2c(c1)C(=O)c1ccccc1C2=O.O=C(CCS)OCC(COCC(COC(=O)CCS)(COC(=O)CCS)COC(=O)CCS)(COC(=O)CCS)COC(=O)CCS. The Hall–Kier alpha value is -4.13. The molecule has 23 heteroatoms. The number of carbonyl (C=O) groups is 9. The van der Waals surface area contributed by atoms with Gasteiger partial charge in [0.15, 0.2) is 11.6 Å². The molecule has 3 rings (SSSR count). The van der Waals surface area contributed by atoms with Crippen LogP contribution in [0.3, 0.4) is 0 Å². The van der Waals surface area contributed by atoms with Gasteiger partial charge in [-0.3, -0.25) is 38.4 Å². The number of esters is 7. The predicted octanol–water partition coefficient (Wildman–Crippen LogP) is 4.96. The molecule has 0 fully saturated rings. The van der Waals surface area contributed by atoms with E-state index in [0.717, 1.165) is 0 Å². The molecule has 0 amide bonds. The topological polar surface area (TPSA) is 227 Å². The van der Waals surface area contributed by atoms with E-state index in [1.54, 1.807) is 24.3 Å². The van der Waals surface area contributed by atoms with Gasteiger partial charge >= 0.3 is 41.8 Å². The van der Waals surface area contributed by atoms with Crippen LogP contribution in [0.2, 0.25) is 0 Å². The van der Waals surface area contributed by atoms with E-state index < -0.39 is 52.6 Å². The average Bonchev–Trinajstić information content (AvgIpc) is 3.33. The molecule has 0 heterocycles. The van der Waals surface area contributed by atoms with Gasteiger partial charge in [0.1, 0.15) is 46.2 Å². The van der Waals surface area contributed by atoms with Gasteiger partial charge in [0.2, 0.25) is 0 Å². The van der Waals surface area contributed by atoms with Gasteiger partial charge in [-0.15, -0.1) is 0 Å². The van der Waals surface area contributed by atoms with Crippen molar-refractivity contribution in [3.05, 3.63) is 82.9 Å². The van der Waals surface area contributed by atoms with Crippen LogP contribution in [0, 0.1) is 10.8 Å². The van der Waals surface area contributed by atoms with Crippen molar-refractivity contribution in [1.29, 1.82) is 0 Å². The van der Waals surface area contributed by atoms with Crippen LogP contribution in [-0.2, 0) is 66.7 Å². The highest BCUT2D eigenvalue weighted by Crippen LogP contribution is 2.29. The fourth-order valence-electron chi connectivity index (χ4n) is 5.81. The molecule has 1 aliphatic rings. The minimum absolute atomic E-state index is 0.0189. The summed E-state index contributed by atoms with van der Waals surface area (Å²) >= 11 is 24.2. The molecule has 2 aromatic rings. The van der Waals surface area contributed by atoms with E-state index in [2.05, 4.69) is 82.4 Å². The van der Waals surface area contributed by atoms with Crippen LogP contribution in [0.5, 0.6) is 0 Å². The molecule has 0 N–H and O–H groups in total. The molecule has 0 spiro atoms. The maximum absolute atomic E-state index is 12.5. The van der Waals surface area contributed by atoms with Crippen LogP contribution in [0.25, 0.3) is 0 Å². The van der Waals surface area contributed by atoms with Crippen molar-refractivity contribution in [2.45, 2.75) is 38.5 Å². The van der Waals surface area contributed by atoms with Crippen molar-refractivity contribution in [3.8, 4) is 0 Å². The lowest BCUT2D eigenvalue weighted by Gasteiger charge is -2.35. The molecule has 0 unspecified atom stereocenters. The third-order valence-corrected chi connectivity index (χ3v) is 10.8. The van der Waals surface area contributed by atoms with Crippen molar-refractivity contribution in [2.24, 2.45) is 10.8 Å². The van der Waals surface area contributed by atoms with Crippen molar-refractivity contribution in [3.63, 3.8) is 0 Å². The molecular formula is C46H58O17S6. The van der Waals surface area contributed by atoms with E-state index in [4.69, 9.17) is 37.9 Å². The van der Waals surface area contributed by atoms with Gasteiger partial charge in [-0.1, -0.05) is 36.9 Å². The number of fused-ring (bicyclic) bond motifs is 2. The summed E-state index contributed by atoms with van der Waals surface area (Å²) in [6, 6.07) is 11.1. The van der Waals surface area contributed by atoms with Crippen LogP contribution in [0.4, 0.5) is 0 Å². The molecule has 0 aliphatic heterocycles. The molecule has 2 aromatic carbocycles. The molecule has 1 aliphatic carbocycles. The number of ether oxygens (including phenoxy) is 8. The Labute approximate surface area is 433 Å². The number of thiol groups is 6. The molecule has 0 saturated carbocycles. The normalized spacial score (nSPS) is 11.7. The van der Waals surface area contributed by atoms with Crippen LogP contribution in [0.1, 0.15) is 80.7 Å². The Morgan fingerprint density at radius 3 is 1.04 bits per heavy atom. The zero-order valence-corrected chi connectivity index (χ0v) is 43.2. The lowest BCUT2D eigenvalue weighted by Crippen LogP contribution is -2.47. The van der Waals surface area contributed by atoms with Gasteiger partial charge in [-0.2, -0.15) is 75.8 Å². The zero-order chi connectivity index (χ0) is 51.2. The summed E-state index contributed by atoms with van der Waals surface area (Å²) in [5.41, 5.74) is -1.30. The summed E-state index contributed by atoms with van der Waals surface area (Å²) in [4.78, 5) is 111. The average molecular weight is 1080 g/mol. The van der Waals surface area contributed by atoms with Gasteiger partial charge < -0.3 is 37.9 Å². The fourth-order valence-corrected chi connectivity index (χ4v) is 6.91. The van der Waals surface area contributed by atoms with E-state index in [-0.39, 0.29) is 155 Å². The maximum Gasteiger partial charge on any atom is 0.338 e. The fraction of sp³-hybridized carbons (Fsp3) is 0.500. The summed E-state index contributed by atoms with van der Waals surface area (Å²) in [7, 11) is 0. The third-order valence-electron chi connectivity index (χ3n) is 9.44. The minimum atomic E-state index is -1.41. The lowest BCUT2D eigenvalue weighted by atomic mass is 9.83. The molecule has 69 heavy (non-hydrogen) atoms. The summed E-state index contributed by atoms with van der Waals surface area (Å²) in [5.74, 6) is -3.40. The van der Waals surface area contributed by atoms with E-state index in [1.807, 2.05) is 0 Å².